The Bertz CT molecular complexity index is 737. The predicted octanol–water partition coefficient (Wildman–Crippen LogP) is 5.12. The summed E-state index contributed by atoms with van der Waals surface area (Å²) in [7, 11) is 0. The molecule has 1 aliphatic heterocycles. The van der Waals surface area contributed by atoms with Crippen LogP contribution in [0.2, 0.25) is 0 Å². The lowest BCUT2D eigenvalue weighted by Gasteiger charge is -2.19. The van der Waals surface area contributed by atoms with Gasteiger partial charge < -0.3 is 5.32 Å². The van der Waals surface area contributed by atoms with Crippen LogP contribution in [0.1, 0.15) is 29.7 Å². The molecule has 1 heteroatoms. The molecule has 1 unspecified atom stereocenters. The monoisotopic (exact) mass is 289 g/mol. The van der Waals surface area contributed by atoms with Crippen LogP contribution in [-0.4, -0.2) is 6.54 Å². The third-order valence-electron chi connectivity index (χ3n) is 4.46. The lowest BCUT2D eigenvalue weighted by molar-refractivity contribution is 0.672. The van der Waals surface area contributed by atoms with Gasteiger partial charge in [0.05, 0.1) is 6.04 Å². The highest BCUT2D eigenvalue weighted by molar-refractivity contribution is 5.71. The van der Waals surface area contributed by atoms with Gasteiger partial charge in [0.25, 0.3) is 0 Å². The van der Waals surface area contributed by atoms with E-state index in [-0.39, 0.29) is 6.04 Å². The second-order valence-corrected chi connectivity index (χ2v) is 6.03. The summed E-state index contributed by atoms with van der Waals surface area (Å²) in [5.74, 6) is 0. The molecule has 0 fully saturated rings. The van der Waals surface area contributed by atoms with Crippen LogP contribution in [0.3, 0.4) is 0 Å². The average Bonchev–Trinajstić information content (AvgIpc) is 2.73. The zero-order valence-corrected chi connectivity index (χ0v) is 13.6. The fourth-order valence-corrected chi connectivity index (χ4v) is 3.10. The van der Waals surface area contributed by atoms with Crippen molar-refractivity contribution in [3.63, 3.8) is 0 Å². The minimum atomic E-state index is 0.276. The number of hydrogen-bond donors (Lipinski definition) is 1. The zero-order chi connectivity index (χ0) is 15.5. The van der Waals surface area contributed by atoms with E-state index in [9.17, 15) is 0 Å². The molecule has 0 saturated carbocycles. The Balaban J connectivity index is 2.03. The van der Waals surface area contributed by atoms with Gasteiger partial charge in [-0.3, -0.25) is 0 Å². The van der Waals surface area contributed by atoms with Gasteiger partial charge in [0.2, 0.25) is 0 Å². The second kappa shape index (κ2) is 6.33. The molecule has 0 aromatic heterocycles. The van der Waals surface area contributed by atoms with Gasteiger partial charge in [-0.05, 0) is 48.6 Å². The first-order valence-corrected chi connectivity index (χ1v) is 7.90. The predicted molar refractivity (Wildman–Crippen MR) is 95.0 cm³/mol. The van der Waals surface area contributed by atoms with Crippen molar-refractivity contribution in [1.82, 2.24) is 5.32 Å². The minimum absolute atomic E-state index is 0.276. The number of hydrogen-bond acceptors (Lipinski definition) is 1. The van der Waals surface area contributed by atoms with E-state index in [1.165, 1.54) is 33.4 Å². The Morgan fingerprint density at radius 2 is 1.68 bits per heavy atom. The molecule has 2 aromatic carbocycles. The molecule has 0 amide bonds. The number of benzene rings is 2. The highest BCUT2D eigenvalue weighted by atomic mass is 14.9. The quantitative estimate of drug-likeness (QED) is 0.809. The van der Waals surface area contributed by atoms with Crippen LogP contribution in [0.5, 0.6) is 0 Å². The average molecular weight is 289 g/mol. The first-order chi connectivity index (χ1) is 10.7. The maximum absolute atomic E-state index is 3.60. The number of aryl methyl sites for hydroxylation is 1. The molecular weight excluding hydrogens is 266 g/mol. The van der Waals surface area contributed by atoms with E-state index in [4.69, 9.17) is 0 Å². The lowest BCUT2D eigenvalue weighted by Crippen LogP contribution is -2.19. The van der Waals surface area contributed by atoms with Crippen molar-refractivity contribution in [3.8, 4) is 11.1 Å². The smallest absolute Gasteiger partial charge is 0.0514 e. The third-order valence-corrected chi connectivity index (χ3v) is 4.46. The van der Waals surface area contributed by atoms with Gasteiger partial charge in [0, 0.05) is 6.54 Å². The molecule has 1 N–H and O–H groups in total. The van der Waals surface area contributed by atoms with Crippen molar-refractivity contribution in [3.05, 3.63) is 83.0 Å². The van der Waals surface area contributed by atoms with Crippen LogP contribution in [0.25, 0.3) is 11.1 Å². The topological polar surface area (TPSA) is 12.0 Å². The van der Waals surface area contributed by atoms with Gasteiger partial charge in [0.15, 0.2) is 0 Å². The fraction of sp³-hybridized carbons (Fsp3) is 0.238. The van der Waals surface area contributed by atoms with Crippen LogP contribution in [0.15, 0.2) is 66.3 Å². The molecule has 2 aromatic rings. The summed E-state index contributed by atoms with van der Waals surface area (Å²) in [4.78, 5) is 0. The molecule has 0 spiro atoms. The fourth-order valence-electron chi connectivity index (χ4n) is 3.10. The van der Waals surface area contributed by atoms with Crippen molar-refractivity contribution < 1.29 is 0 Å². The lowest BCUT2D eigenvalue weighted by atomic mass is 9.91. The molecule has 0 radical (unpaired) electrons. The number of allylic oxidation sites excluding steroid dienone is 2. The third kappa shape index (κ3) is 2.90. The second-order valence-electron chi connectivity index (χ2n) is 6.03. The highest BCUT2D eigenvalue weighted by Gasteiger charge is 2.14. The summed E-state index contributed by atoms with van der Waals surface area (Å²) in [5, 5.41) is 3.60. The van der Waals surface area contributed by atoms with Crippen LogP contribution in [0.4, 0.5) is 0 Å². The summed E-state index contributed by atoms with van der Waals surface area (Å²) in [6, 6.07) is 15.5. The summed E-state index contributed by atoms with van der Waals surface area (Å²) < 4.78 is 0. The van der Waals surface area contributed by atoms with E-state index in [0.717, 1.165) is 6.54 Å². The minimum Gasteiger partial charge on any atom is -0.303 e. The summed E-state index contributed by atoms with van der Waals surface area (Å²) >= 11 is 0. The molecule has 0 bridgehead atoms. The molecule has 1 aliphatic rings. The SMILES string of the molecule is CC1=CCNC(c2cccc(-c3ccccc3C)c2C)C=C1. The molecule has 22 heavy (non-hydrogen) atoms. The van der Waals surface area contributed by atoms with E-state index >= 15 is 0 Å². The van der Waals surface area contributed by atoms with E-state index in [2.05, 4.69) is 86.8 Å². The normalized spacial score (nSPS) is 18.0. The van der Waals surface area contributed by atoms with Gasteiger partial charge in [-0.2, -0.15) is 0 Å². The van der Waals surface area contributed by atoms with Gasteiger partial charge in [0.1, 0.15) is 0 Å². The molecule has 0 saturated heterocycles. The Labute approximate surface area is 133 Å². The van der Waals surface area contributed by atoms with Crippen molar-refractivity contribution in [2.24, 2.45) is 0 Å². The highest BCUT2D eigenvalue weighted by Crippen LogP contribution is 2.31. The van der Waals surface area contributed by atoms with E-state index in [1.54, 1.807) is 0 Å². The molecule has 3 rings (SSSR count). The van der Waals surface area contributed by atoms with Crippen molar-refractivity contribution in [2.45, 2.75) is 26.8 Å². The van der Waals surface area contributed by atoms with Gasteiger partial charge >= 0.3 is 0 Å². The van der Waals surface area contributed by atoms with Crippen molar-refractivity contribution in [2.75, 3.05) is 6.54 Å². The Kier molecular flexibility index (Phi) is 4.26. The van der Waals surface area contributed by atoms with Crippen LogP contribution < -0.4 is 5.32 Å². The molecule has 1 heterocycles. The first-order valence-electron chi connectivity index (χ1n) is 7.90. The maximum atomic E-state index is 3.60. The summed E-state index contributed by atoms with van der Waals surface area (Å²) in [6.07, 6.45) is 6.71. The first kappa shape index (κ1) is 14.8. The molecule has 1 atom stereocenters. The number of rotatable bonds is 2. The summed E-state index contributed by atoms with van der Waals surface area (Å²) in [5.41, 5.74) is 8.03. The Morgan fingerprint density at radius 1 is 0.909 bits per heavy atom. The molecule has 0 aliphatic carbocycles. The van der Waals surface area contributed by atoms with Gasteiger partial charge in [-0.1, -0.05) is 66.3 Å². The van der Waals surface area contributed by atoms with Gasteiger partial charge in [-0.25, -0.2) is 0 Å². The largest absolute Gasteiger partial charge is 0.303 e. The number of nitrogens with one attached hydrogen (secondary N) is 1. The van der Waals surface area contributed by atoms with Crippen LogP contribution in [-0.2, 0) is 0 Å². The van der Waals surface area contributed by atoms with Crippen LogP contribution >= 0.6 is 0 Å². The van der Waals surface area contributed by atoms with E-state index in [0.29, 0.717) is 0 Å². The van der Waals surface area contributed by atoms with E-state index < -0.39 is 0 Å². The van der Waals surface area contributed by atoms with Gasteiger partial charge in [-0.15, -0.1) is 0 Å². The Morgan fingerprint density at radius 3 is 2.50 bits per heavy atom. The molecular formula is C21H23N. The molecule has 1 nitrogen and oxygen atoms in total. The summed E-state index contributed by atoms with van der Waals surface area (Å²) in [6.45, 7) is 7.48. The zero-order valence-electron chi connectivity index (χ0n) is 13.6. The van der Waals surface area contributed by atoms with Crippen LogP contribution in [0, 0.1) is 13.8 Å². The Hall–Kier alpha value is -2.12. The van der Waals surface area contributed by atoms with Crippen molar-refractivity contribution in [1.29, 1.82) is 0 Å². The maximum Gasteiger partial charge on any atom is 0.0514 e. The van der Waals surface area contributed by atoms with Crippen molar-refractivity contribution >= 4 is 0 Å². The molecule has 112 valence electrons. The van der Waals surface area contributed by atoms with E-state index in [1.807, 2.05) is 0 Å². The standard InChI is InChI=1S/C21H23N/c1-15-11-12-21(22-14-13-15)20-10-6-9-19(17(20)3)18-8-5-4-7-16(18)2/h4-13,21-22H,14H2,1-3H3.